The average molecular weight is 398 g/mol. The summed E-state index contributed by atoms with van der Waals surface area (Å²) < 4.78 is 11.5. The highest BCUT2D eigenvalue weighted by molar-refractivity contribution is 5.95. The molecule has 1 aromatic carbocycles. The highest BCUT2D eigenvalue weighted by atomic mass is 16.5. The summed E-state index contributed by atoms with van der Waals surface area (Å²) in [6.07, 6.45) is 4.02. The number of benzene rings is 1. The second-order valence-corrected chi connectivity index (χ2v) is 7.33. The van der Waals surface area contributed by atoms with Crippen LogP contribution in [0.3, 0.4) is 0 Å². The number of piperidine rings is 1. The zero-order chi connectivity index (χ0) is 20.8. The molecule has 1 aliphatic rings. The van der Waals surface area contributed by atoms with Crippen molar-refractivity contribution in [2.24, 2.45) is 11.8 Å². The zero-order valence-corrected chi connectivity index (χ0v) is 16.7. The Hall–Kier alpha value is -3.09. The summed E-state index contributed by atoms with van der Waals surface area (Å²) >= 11 is 0. The van der Waals surface area contributed by atoms with Crippen molar-refractivity contribution in [3.63, 3.8) is 0 Å². The third-order valence-electron chi connectivity index (χ3n) is 4.90. The van der Waals surface area contributed by atoms with E-state index in [2.05, 4.69) is 4.98 Å². The van der Waals surface area contributed by atoms with E-state index in [0.717, 1.165) is 5.56 Å². The summed E-state index contributed by atoms with van der Waals surface area (Å²) in [5, 5.41) is 9.35. The molecule has 1 amide bonds. The number of hydrogen-bond acceptors (Lipinski definition) is 5. The minimum absolute atomic E-state index is 0.141. The van der Waals surface area contributed by atoms with Crippen LogP contribution < -0.4 is 9.47 Å². The van der Waals surface area contributed by atoms with Crippen LogP contribution in [0.15, 0.2) is 42.7 Å². The van der Waals surface area contributed by atoms with Gasteiger partial charge in [0.15, 0.2) is 11.5 Å². The first-order valence-electron chi connectivity index (χ1n) is 9.78. The number of carboxylic acid groups (broad SMARTS) is 1. The SMILES string of the molecule is CCOc1cc(C(=O)N2CC(C)CC(C(=O)O)C2)ccc1OCc1cccnc1. The van der Waals surface area contributed by atoms with Crippen molar-refractivity contribution >= 4 is 11.9 Å². The van der Waals surface area contributed by atoms with Crippen LogP contribution in [-0.4, -0.2) is 46.6 Å². The molecule has 29 heavy (non-hydrogen) atoms. The topological polar surface area (TPSA) is 89.0 Å². The maximum atomic E-state index is 13.0. The predicted octanol–water partition coefficient (Wildman–Crippen LogP) is 3.24. The molecule has 7 nitrogen and oxygen atoms in total. The minimum Gasteiger partial charge on any atom is -0.490 e. The van der Waals surface area contributed by atoms with Crippen molar-refractivity contribution in [3.05, 3.63) is 53.9 Å². The van der Waals surface area contributed by atoms with Gasteiger partial charge in [-0.25, -0.2) is 0 Å². The Balaban J connectivity index is 1.76. The largest absolute Gasteiger partial charge is 0.490 e. The fourth-order valence-corrected chi connectivity index (χ4v) is 3.55. The van der Waals surface area contributed by atoms with Crippen molar-refractivity contribution in [3.8, 4) is 11.5 Å². The zero-order valence-electron chi connectivity index (χ0n) is 16.7. The Morgan fingerprint density at radius 3 is 2.72 bits per heavy atom. The summed E-state index contributed by atoms with van der Waals surface area (Å²) in [6.45, 7) is 5.38. The first-order valence-corrected chi connectivity index (χ1v) is 9.78. The Morgan fingerprint density at radius 1 is 1.21 bits per heavy atom. The van der Waals surface area contributed by atoms with E-state index < -0.39 is 11.9 Å². The summed E-state index contributed by atoms with van der Waals surface area (Å²) in [5.41, 5.74) is 1.39. The van der Waals surface area contributed by atoms with Crippen molar-refractivity contribution in [2.75, 3.05) is 19.7 Å². The minimum atomic E-state index is -0.858. The molecule has 0 radical (unpaired) electrons. The number of carboxylic acids is 1. The van der Waals surface area contributed by atoms with Crippen LogP contribution in [0.25, 0.3) is 0 Å². The molecule has 0 saturated carbocycles. The van der Waals surface area contributed by atoms with Crippen LogP contribution in [-0.2, 0) is 11.4 Å². The molecule has 7 heteroatoms. The number of amides is 1. The maximum absolute atomic E-state index is 13.0. The van der Waals surface area contributed by atoms with E-state index in [9.17, 15) is 14.7 Å². The fourth-order valence-electron chi connectivity index (χ4n) is 3.55. The third-order valence-corrected chi connectivity index (χ3v) is 4.90. The van der Waals surface area contributed by atoms with Gasteiger partial charge < -0.3 is 19.5 Å². The summed E-state index contributed by atoms with van der Waals surface area (Å²) in [5.74, 6) is -0.408. The highest BCUT2D eigenvalue weighted by Gasteiger charge is 2.32. The first kappa shape index (κ1) is 20.6. The lowest BCUT2D eigenvalue weighted by atomic mass is 9.90. The van der Waals surface area contributed by atoms with Crippen LogP contribution in [0.5, 0.6) is 11.5 Å². The van der Waals surface area contributed by atoms with Gasteiger partial charge in [-0.1, -0.05) is 13.0 Å². The van der Waals surface area contributed by atoms with E-state index in [4.69, 9.17) is 9.47 Å². The normalized spacial score (nSPS) is 18.9. The molecule has 1 fully saturated rings. The number of hydrogen-bond donors (Lipinski definition) is 1. The average Bonchev–Trinajstić information content (AvgIpc) is 2.72. The number of ether oxygens (including phenoxy) is 2. The second kappa shape index (κ2) is 9.41. The van der Waals surface area contributed by atoms with Gasteiger partial charge in [0.1, 0.15) is 6.61 Å². The lowest BCUT2D eigenvalue weighted by Gasteiger charge is -2.34. The Bertz CT molecular complexity index is 856. The molecule has 2 atom stereocenters. The van der Waals surface area contributed by atoms with Crippen molar-refractivity contribution in [1.82, 2.24) is 9.88 Å². The van der Waals surface area contributed by atoms with Crippen LogP contribution in [0.1, 0.15) is 36.2 Å². The summed E-state index contributed by atoms with van der Waals surface area (Å²) in [6, 6.07) is 8.84. The quantitative estimate of drug-likeness (QED) is 0.770. The van der Waals surface area contributed by atoms with Gasteiger partial charge in [-0.3, -0.25) is 14.6 Å². The van der Waals surface area contributed by atoms with E-state index in [0.29, 0.717) is 43.2 Å². The van der Waals surface area contributed by atoms with Gasteiger partial charge in [0, 0.05) is 36.6 Å². The smallest absolute Gasteiger partial charge is 0.308 e. The van der Waals surface area contributed by atoms with Gasteiger partial charge in [0.2, 0.25) is 0 Å². The van der Waals surface area contributed by atoms with Crippen LogP contribution in [0.2, 0.25) is 0 Å². The van der Waals surface area contributed by atoms with Gasteiger partial charge >= 0.3 is 5.97 Å². The van der Waals surface area contributed by atoms with E-state index in [1.807, 2.05) is 26.0 Å². The van der Waals surface area contributed by atoms with Gasteiger partial charge in [-0.15, -0.1) is 0 Å². The van der Waals surface area contributed by atoms with Gasteiger partial charge in [0.25, 0.3) is 5.91 Å². The van der Waals surface area contributed by atoms with E-state index in [-0.39, 0.29) is 18.4 Å². The molecule has 0 bridgehead atoms. The van der Waals surface area contributed by atoms with Gasteiger partial charge in [0.05, 0.1) is 12.5 Å². The third kappa shape index (κ3) is 5.25. The number of pyridine rings is 1. The lowest BCUT2D eigenvalue weighted by Crippen LogP contribution is -2.45. The number of rotatable bonds is 7. The van der Waals surface area contributed by atoms with E-state index in [1.54, 1.807) is 35.5 Å². The molecule has 1 aromatic heterocycles. The maximum Gasteiger partial charge on any atom is 0.308 e. The molecule has 1 N–H and O–H groups in total. The molecule has 1 saturated heterocycles. The fraction of sp³-hybridized carbons (Fsp3) is 0.409. The summed E-state index contributed by atoms with van der Waals surface area (Å²) in [4.78, 5) is 30.1. The van der Waals surface area contributed by atoms with E-state index >= 15 is 0 Å². The molecule has 2 heterocycles. The molecule has 0 aliphatic carbocycles. The Kier molecular flexibility index (Phi) is 6.69. The molecule has 154 valence electrons. The lowest BCUT2D eigenvalue weighted by molar-refractivity contribution is -0.143. The van der Waals surface area contributed by atoms with Crippen LogP contribution >= 0.6 is 0 Å². The van der Waals surface area contributed by atoms with Crippen molar-refractivity contribution in [1.29, 1.82) is 0 Å². The molecule has 2 unspecified atom stereocenters. The van der Waals surface area contributed by atoms with Crippen molar-refractivity contribution in [2.45, 2.75) is 26.9 Å². The van der Waals surface area contributed by atoms with Gasteiger partial charge in [-0.05, 0) is 43.5 Å². The van der Waals surface area contributed by atoms with Crippen LogP contribution in [0, 0.1) is 11.8 Å². The molecule has 1 aliphatic heterocycles. The number of likely N-dealkylation sites (tertiary alicyclic amines) is 1. The van der Waals surface area contributed by atoms with Crippen LogP contribution in [0.4, 0.5) is 0 Å². The second-order valence-electron chi connectivity index (χ2n) is 7.33. The number of aliphatic carboxylic acids is 1. The number of carbonyl (C=O) groups is 2. The monoisotopic (exact) mass is 398 g/mol. The number of aromatic nitrogens is 1. The summed E-state index contributed by atoms with van der Waals surface area (Å²) in [7, 11) is 0. The highest BCUT2D eigenvalue weighted by Crippen LogP contribution is 2.31. The standard InChI is InChI=1S/C22H26N2O5/c1-3-28-20-10-17(6-7-19(20)29-14-16-5-4-8-23-11-16)21(25)24-12-15(2)9-18(13-24)22(26)27/h4-8,10-11,15,18H,3,9,12-14H2,1-2H3,(H,26,27). The molecule has 0 spiro atoms. The van der Waals surface area contributed by atoms with E-state index in [1.165, 1.54) is 0 Å². The Labute approximate surface area is 170 Å². The molecule has 2 aromatic rings. The molecular weight excluding hydrogens is 372 g/mol. The molecule has 3 rings (SSSR count). The number of nitrogens with zero attached hydrogens (tertiary/aromatic N) is 2. The van der Waals surface area contributed by atoms with Crippen molar-refractivity contribution < 1.29 is 24.2 Å². The molecular formula is C22H26N2O5. The van der Waals surface area contributed by atoms with Gasteiger partial charge in [-0.2, -0.15) is 0 Å². The Morgan fingerprint density at radius 2 is 2.03 bits per heavy atom. The predicted molar refractivity (Wildman–Crippen MR) is 107 cm³/mol. The number of carbonyl (C=O) groups excluding carboxylic acids is 1. The first-order chi connectivity index (χ1) is 14.0.